The topological polar surface area (TPSA) is 49.8 Å². The van der Waals surface area contributed by atoms with Gasteiger partial charge < -0.3 is 14.7 Å². The zero-order valence-corrected chi connectivity index (χ0v) is 13.6. The molecule has 1 N–H and O–H groups in total. The average Bonchev–Trinajstić information content (AvgIpc) is 2.54. The summed E-state index contributed by atoms with van der Waals surface area (Å²) in [6.07, 6.45) is 5.90. The Morgan fingerprint density at radius 1 is 1.27 bits per heavy atom. The van der Waals surface area contributed by atoms with Gasteiger partial charge in [0.1, 0.15) is 18.5 Å². The molecule has 0 aliphatic heterocycles. The smallest absolute Gasteiger partial charge is 0.159 e. The van der Waals surface area contributed by atoms with Crippen LogP contribution in [0.4, 0.5) is 0 Å². The number of aliphatic hydroxyl groups is 1. The van der Waals surface area contributed by atoms with Crippen LogP contribution in [0.5, 0.6) is 5.75 Å². The molecule has 0 radical (unpaired) electrons. The van der Waals surface area contributed by atoms with Crippen LogP contribution in [0, 0.1) is 0 Å². The molecule has 22 heavy (non-hydrogen) atoms. The maximum atomic E-state index is 11.2. The number of Topliss-reactive ketones (excluding diaryl/α,β-unsaturated/α-hetero) is 1. The first-order chi connectivity index (χ1) is 10.6. The molecule has 0 aromatic heterocycles. The number of likely N-dealkylation sites (N-methyl/N-ethyl adjacent to an activating group) is 1. The Hall–Kier alpha value is -1.39. The highest BCUT2D eigenvalue weighted by Gasteiger charge is 2.20. The van der Waals surface area contributed by atoms with Crippen LogP contribution in [-0.4, -0.2) is 48.1 Å². The Bertz CT molecular complexity index is 466. The van der Waals surface area contributed by atoms with Crippen molar-refractivity contribution in [1.82, 2.24) is 4.90 Å². The summed E-state index contributed by atoms with van der Waals surface area (Å²) in [7, 11) is 2.08. The number of carbonyl (C=O) groups is 1. The van der Waals surface area contributed by atoms with Gasteiger partial charge in [-0.25, -0.2) is 0 Å². The van der Waals surface area contributed by atoms with E-state index in [1.54, 1.807) is 31.2 Å². The van der Waals surface area contributed by atoms with Crippen molar-refractivity contribution in [2.24, 2.45) is 0 Å². The van der Waals surface area contributed by atoms with E-state index < -0.39 is 6.10 Å². The quantitative estimate of drug-likeness (QED) is 0.787. The number of ether oxygens (including phenoxy) is 1. The maximum Gasteiger partial charge on any atom is 0.159 e. The van der Waals surface area contributed by atoms with Crippen molar-refractivity contribution in [3.05, 3.63) is 29.8 Å². The summed E-state index contributed by atoms with van der Waals surface area (Å²) >= 11 is 0. The molecule has 2 rings (SSSR count). The summed E-state index contributed by atoms with van der Waals surface area (Å²) in [6, 6.07) is 7.64. The van der Waals surface area contributed by atoms with E-state index >= 15 is 0 Å². The van der Waals surface area contributed by atoms with Gasteiger partial charge in [-0.3, -0.25) is 4.79 Å². The lowest BCUT2D eigenvalue weighted by Gasteiger charge is -2.32. The van der Waals surface area contributed by atoms with Gasteiger partial charge in [-0.2, -0.15) is 0 Å². The second kappa shape index (κ2) is 8.30. The fourth-order valence-corrected chi connectivity index (χ4v) is 3.03. The van der Waals surface area contributed by atoms with Crippen LogP contribution in [0.1, 0.15) is 49.4 Å². The SMILES string of the molecule is CC(=O)c1ccc(OCC(O)CN(C)C2CCCCC2)cc1. The van der Waals surface area contributed by atoms with Gasteiger partial charge in [0, 0.05) is 18.2 Å². The van der Waals surface area contributed by atoms with Crippen LogP contribution in [0.25, 0.3) is 0 Å². The molecule has 0 amide bonds. The molecule has 1 aromatic rings. The Morgan fingerprint density at radius 3 is 2.50 bits per heavy atom. The Balaban J connectivity index is 1.74. The van der Waals surface area contributed by atoms with Crippen molar-refractivity contribution in [2.45, 2.75) is 51.2 Å². The van der Waals surface area contributed by atoms with Gasteiger partial charge in [-0.1, -0.05) is 19.3 Å². The lowest BCUT2D eigenvalue weighted by molar-refractivity contribution is 0.0561. The molecule has 0 saturated heterocycles. The number of hydrogen-bond acceptors (Lipinski definition) is 4. The summed E-state index contributed by atoms with van der Waals surface area (Å²) in [6.45, 7) is 2.45. The predicted octanol–water partition coefficient (Wildman–Crippen LogP) is 2.89. The summed E-state index contributed by atoms with van der Waals surface area (Å²) in [5.74, 6) is 0.727. The molecule has 1 aliphatic carbocycles. The normalized spacial score (nSPS) is 17.5. The molecule has 1 fully saturated rings. The number of hydrogen-bond donors (Lipinski definition) is 1. The highest BCUT2D eigenvalue weighted by Crippen LogP contribution is 2.21. The van der Waals surface area contributed by atoms with Crippen molar-refractivity contribution in [2.75, 3.05) is 20.2 Å². The van der Waals surface area contributed by atoms with Gasteiger partial charge in [-0.05, 0) is 51.1 Å². The predicted molar refractivity (Wildman–Crippen MR) is 87.5 cm³/mol. The molecule has 122 valence electrons. The summed E-state index contributed by atoms with van der Waals surface area (Å²) in [5.41, 5.74) is 0.671. The number of ketones is 1. The van der Waals surface area contributed by atoms with E-state index in [9.17, 15) is 9.90 Å². The van der Waals surface area contributed by atoms with Gasteiger partial charge >= 0.3 is 0 Å². The zero-order chi connectivity index (χ0) is 15.9. The van der Waals surface area contributed by atoms with Crippen molar-refractivity contribution in [3.63, 3.8) is 0 Å². The van der Waals surface area contributed by atoms with E-state index in [0.29, 0.717) is 23.9 Å². The zero-order valence-electron chi connectivity index (χ0n) is 13.6. The van der Waals surface area contributed by atoms with E-state index in [1.807, 2.05) is 0 Å². The second-order valence-electron chi connectivity index (χ2n) is 6.28. The second-order valence-corrected chi connectivity index (χ2v) is 6.28. The van der Waals surface area contributed by atoms with Gasteiger partial charge in [0.25, 0.3) is 0 Å². The molecule has 1 atom stereocenters. The van der Waals surface area contributed by atoms with Crippen molar-refractivity contribution in [1.29, 1.82) is 0 Å². The first-order valence-corrected chi connectivity index (χ1v) is 8.18. The van der Waals surface area contributed by atoms with Crippen LogP contribution >= 0.6 is 0 Å². The summed E-state index contributed by atoms with van der Waals surface area (Å²) in [5, 5.41) is 10.1. The van der Waals surface area contributed by atoms with Gasteiger partial charge in [-0.15, -0.1) is 0 Å². The van der Waals surface area contributed by atoms with E-state index in [0.717, 1.165) is 0 Å². The van der Waals surface area contributed by atoms with Crippen LogP contribution in [0.2, 0.25) is 0 Å². The van der Waals surface area contributed by atoms with Crippen LogP contribution in [0.3, 0.4) is 0 Å². The molecule has 1 aliphatic rings. The molecular formula is C18H27NO3. The highest BCUT2D eigenvalue weighted by molar-refractivity contribution is 5.94. The van der Waals surface area contributed by atoms with Crippen molar-refractivity contribution < 1.29 is 14.6 Å². The molecule has 0 bridgehead atoms. The highest BCUT2D eigenvalue weighted by atomic mass is 16.5. The lowest BCUT2D eigenvalue weighted by Crippen LogP contribution is -2.40. The summed E-state index contributed by atoms with van der Waals surface area (Å²) in [4.78, 5) is 13.5. The first-order valence-electron chi connectivity index (χ1n) is 8.18. The standard InChI is InChI=1S/C18H27NO3/c1-14(20)15-8-10-18(11-9-15)22-13-17(21)12-19(2)16-6-4-3-5-7-16/h8-11,16-17,21H,3-7,12-13H2,1-2H3. The van der Waals surface area contributed by atoms with Gasteiger partial charge in [0.2, 0.25) is 0 Å². The van der Waals surface area contributed by atoms with Crippen molar-refractivity contribution in [3.8, 4) is 5.75 Å². The minimum absolute atomic E-state index is 0.0423. The minimum atomic E-state index is -0.501. The third kappa shape index (κ3) is 5.11. The minimum Gasteiger partial charge on any atom is -0.491 e. The molecule has 1 aromatic carbocycles. The van der Waals surface area contributed by atoms with E-state index in [1.165, 1.54) is 32.1 Å². The molecule has 4 nitrogen and oxygen atoms in total. The van der Waals surface area contributed by atoms with E-state index in [2.05, 4.69) is 11.9 Å². The Kier molecular flexibility index (Phi) is 6.40. The van der Waals surface area contributed by atoms with Gasteiger partial charge in [0.05, 0.1) is 0 Å². The third-order valence-electron chi connectivity index (χ3n) is 4.40. The van der Waals surface area contributed by atoms with E-state index in [-0.39, 0.29) is 12.4 Å². The number of rotatable bonds is 7. The molecule has 0 spiro atoms. The summed E-state index contributed by atoms with van der Waals surface area (Å²) < 4.78 is 5.60. The van der Waals surface area contributed by atoms with Crippen LogP contribution in [0.15, 0.2) is 24.3 Å². The van der Waals surface area contributed by atoms with Crippen molar-refractivity contribution >= 4 is 5.78 Å². The fourth-order valence-electron chi connectivity index (χ4n) is 3.03. The third-order valence-corrected chi connectivity index (χ3v) is 4.40. The average molecular weight is 305 g/mol. The Morgan fingerprint density at radius 2 is 1.91 bits per heavy atom. The molecule has 1 unspecified atom stereocenters. The fraction of sp³-hybridized carbons (Fsp3) is 0.611. The molecule has 1 saturated carbocycles. The van der Waals surface area contributed by atoms with E-state index in [4.69, 9.17) is 4.74 Å². The molecule has 4 heteroatoms. The molecular weight excluding hydrogens is 278 g/mol. The first kappa shape index (κ1) is 17.0. The van der Waals surface area contributed by atoms with Crippen LogP contribution in [-0.2, 0) is 0 Å². The number of carbonyl (C=O) groups excluding carboxylic acids is 1. The lowest BCUT2D eigenvalue weighted by atomic mass is 9.94. The molecule has 0 heterocycles. The largest absolute Gasteiger partial charge is 0.491 e. The number of nitrogens with zero attached hydrogens (tertiary/aromatic N) is 1. The number of aliphatic hydroxyl groups excluding tert-OH is 1. The Labute approximate surface area is 133 Å². The maximum absolute atomic E-state index is 11.2. The van der Waals surface area contributed by atoms with Crippen LogP contribution < -0.4 is 4.74 Å². The monoisotopic (exact) mass is 305 g/mol. The van der Waals surface area contributed by atoms with Gasteiger partial charge in [0.15, 0.2) is 5.78 Å². The number of benzene rings is 1.